The van der Waals surface area contributed by atoms with Gasteiger partial charge in [0.05, 0.1) is 5.69 Å². The van der Waals surface area contributed by atoms with Gasteiger partial charge in [-0.2, -0.15) is 0 Å². The fraction of sp³-hybridized carbons (Fsp3) is 0.0667. The number of rotatable bonds is 4. The van der Waals surface area contributed by atoms with Gasteiger partial charge in [0.2, 0.25) is 5.91 Å². The minimum absolute atomic E-state index is 0.0696. The van der Waals surface area contributed by atoms with Crippen LogP contribution in [0.3, 0.4) is 0 Å². The molecule has 2 rings (SSSR count). The van der Waals surface area contributed by atoms with E-state index in [-0.39, 0.29) is 16.1 Å². The van der Waals surface area contributed by atoms with Gasteiger partial charge in [0.15, 0.2) is 0 Å². The Hall–Kier alpha value is -2.47. The number of anilines is 1. The fourth-order valence-electron chi connectivity index (χ4n) is 1.70. The van der Waals surface area contributed by atoms with E-state index >= 15 is 0 Å². The second-order valence-corrected chi connectivity index (χ2v) is 5.15. The summed E-state index contributed by atoms with van der Waals surface area (Å²) in [5.74, 6) is -2.04. The first-order chi connectivity index (χ1) is 9.99. The van der Waals surface area contributed by atoms with Crippen LogP contribution in [0, 0.1) is 12.7 Å². The first-order valence-electron chi connectivity index (χ1n) is 6.04. The molecule has 0 saturated carbocycles. The smallest absolute Gasteiger partial charge is 0.348 e. The van der Waals surface area contributed by atoms with E-state index < -0.39 is 17.7 Å². The average Bonchev–Trinajstić information content (AvgIpc) is 2.79. The van der Waals surface area contributed by atoms with Gasteiger partial charge in [-0.1, -0.05) is 18.2 Å². The maximum Gasteiger partial charge on any atom is 0.348 e. The Bertz CT molecular complexity index is 721. The molecular formula is C15H12FNO3S. The van der Waals surface area contributed by atoms with E-state index in [1.807, 2.05) is 0 Å². The van der Waals surface area contributed by atoms with Gasteiger partial charge < -0.3 is 10.4 Å². The van der Waals surface area contributed by atoms with Crippen LogP contribution < -0.4 is 5.32 Å². The van der Waals surface area contributed by atoms with Gasteiger partial charge >= 0.3 is 5.97 Å². The van der Waals surface area contributed by atoms with Gasteiger partial charge in [0.25, 0.3) is 0 Å². The van der Waals surface area contributed by atoms with Crippen LogP contribution in [0.25, 0.3) is 6.08 Å². The number of benzene rings is 1. The first kappa shape index (κ1) is 14.9. The monoisotopic (exact) mass is 305 g/mol. The Balaban J connectivity index is 2.14. The molecule has 0 bridgehead atoms. The average molecular weight is 305 g/mol. The van der Waals surface area contributed by atoms with E-state index in [1.165, 1.54) is 24.3 Å². The van der Waals surface area contributed by atoms with Crippen molar-refractivity contribution in [2.75, 3.05) is 5.32 Å². The zero-order valence-corrected chi connectivity index (χ0v) is 11.9. The van der Waals surface area contributed by atoms with Crippen LogP contribution in [-0.4, -0.2) is 17.0 Å². The van der Waals surface area contributed by atoms with Crippen molar-refractivity contribution in [3.05, 3.63) is 57.5 Å². The molecule has 1 aromatic carbocycles. The molecule has 2 aromatic rings. The number of thiophene rings is 1. The number of nitrogens with one attached hydrogen (secondary N) is 1. The number of carboxylic acid groups (broad SMARTS) is 1. The first-order valence-corrected chi connectivity index (χ1v) is 6.92. The van der Waals surface area contributed by atoms with Crippen molar-refractivity contribution in [1.82, 2.24) is 0 Å². The summed E-state index contributed by atoms with van der Waals surface area (Å²) in [6.45, 7) is 1.71. The third kappa shape index (κ3) is 3.55. The normalized spacial score (nSPS) is 10.8. The Labute approximate surface area is 124 Å². The minimum Gasteiger partial charge on any atom is -0.477 e. The van der Waals surface area contributed by atoms with Crippen LogP contribution in [0.4, 0.5) is 10.1 Å². The summed E-state index contributed by atoms with van der Waals surface area (Å²) >= 11 is 1.04. The quantitative estimate of drug-likeness (QED) is 0.849. The molecule has 21 heavy (non-hydrogen) atoms. The lowest BCUT2D eigenvalue weighted by atomic mass is 10.2. The molecule has 0 unspecified atom stereocenters. The van der Waals surface area contributed by atoms with Gasteiger partial charge in [0.1, 0.15) is 10.7 Å². The van der Waals surface area contributed by atoms with Crippen molar-refractivity contribution in [2.45, 2.75) is 6.92 Å². The summed E-state index contributed by atoms with van der Waals surface area (Å²) < 4.78 is 13.4. The summed E-state index contributed by atoms with van der Waals surface area (Å²) in [5.41, 5.74) is 1.23. The lowest BCUT2D eigenvalue weighted by Gasteiger charge is -2.03. The topological polar surface area (TPSA) is 66.4 Å². The predicted molar refractivity (Wildman–Crippen MR) is 80.1 cm³/mol. The zero-order chi connectivity index (χ0) is 15.4. The number of halogens is 1. The van der Waals surface area contributed by atoms with E-state index in [0.29, 0.717) is 5.56 Å². The van der Waals surface area contributed by atoms with E-state index in [2.05, 4.69) is 5.32 Å². The zero-order valence-electron chi connectivity index (χ0n) is 11.1. The molecule has 6 heteroatoms. The number of aryl methyl sites for hydroxylation is 1. The van der Waals surface area contributed by atoms with E-state index in [0.717, 1.165) is 11.3 Å². The van der Waals surface area contributed by atoms with Crippen LogP contribution in [0.1, 0.15) is 20.8 Å². The number of amides is 1. The molecule has 0 aliphatic carbocycles. The highest BCUT2D eigenvalue weighted by Crippen LogP contribution is 2.27. The highest BCUT2D eigenvalue weighted by Gasteiger charge is 2.16. The van der Waals surface area contributed by atoms with Crippen molar-refractivity contribution >= 4 is 35.0 Å². The SMILES string of the molecule is Cc1csc(C(=O)O)c1NC(=O)/C=C/c1ccccc1F. The van der Waals surface area contributed by atoms with Crippen LogP contribution in [0.15, 0.2) is 35.7 Å². The lowest BCUT2D eigenvalue weighted by molar-refractivity contribution is -0.111. The van der Waals surface area contributed by atoms with Crippen molar-refractivity contribution in [3.63, 3.8) is 0 Å². The number of aromatic carboxylic acids is 1. The largest absolute Gasteiger partial charge is 0.477 e. The second kappa shape index (κ2) is 6.32. The standard InChI is InChI=1S/C15H12FNO3S/c1-9-8-21-14(15(19)20)13(9)17-12(18)7-6-10-4-2-3-5-11(10)16/h2-8H,1H3,(H,17,18)(H,19,20)/b7-6+. The molecular weight excluding hydrogens is 293 g/mol. The maximum atomic E-state index is 13.4. The minimum atomic E-state index is -1.10. The Morgan fingerprint density at radius 3 is 2.71 bits per heavy atom. The van der Waals surface area contributed by atoms with Gasteiger partial charge in [-0.15, -0.1) is 11.3 Å². The van der Waals surface area contributed by atoms with E-state index in [4.69, 9.17) is 5.11 Å². The predicted octanol–water partition coefficient (Wildman–Crippen LogP) is 3.55. The number of hydrogen-bond acceptors (Lipinski definition) is 3. The molecule has 0 spiro atoms. The molecule has 1 heterocycles. The number of carbonyl (C=O) groups excluding carboxylic acids is 1. The molecule has 0 radical (unpaired) electrons. The molecule has 0 saturated heterocycles. The summed E-state index contributed by atoms with van der Waals surface area (Å²) in [4.78, 5) is 22.9. The van der Waals surface area contributed by atoms with E-state index in [9.17, 15) is 14.0 Å². The van der Waals surface area contributed by atoms with Crippen LogP contribution in [0.5, 0.6) is 0 Å². The van der Waals surface area contributed by atoms with Crippen molar-refractivity contribution < 1.29 is 19.1 Å². The summed E-state index contributed by atoms with van der Waals surface area (Å²) in [5, 5.41) is 13.2. The number of carbonyl (C=O) groups is 2. The summed E-state index contributed by atoms with van der Waals surface area (Å²) in [6.07, 6.45) is 2.51. The molecule has 1 aromatic heterocycles. The maximum absolute atomic E-state index is 13.4. The highest BCUT2D eigenvalue weighted by molar-refractivity contribution is 7.12. The number of hydrogen-bond donors (Lipinski definition) is 2. The Kier molecular flexibility index (Phi) is 4.49. The second-order valence-electron chi connectivity index (χ2n) is 4.27. The molecule has 0 fully saturated rings. The highest BCUT2D eigenvalue weighted by atomic mass is 32.1. The Morgan fingerprint density at radius 2 is 2.05 bits per heavy atom. The molecule has 2 N–H and O–H groups in total. The third-order valence-electron chi connectivity index (χ3n) is 2.74. The molecule has 0 atom stereocenters. The number of carboxylic acids is 1. The summed E-state index contributed by atoms with van der Waals surface area (Å²) in [6, 6.07) is 6.05. The lowest BCUT2D eigenvalue weighted by Crippen LogP contribution is -2.11. The molecule has 1 amide bonds. The molecule has 108 valence electrons. The molecule has 0 aliphatic rings. The van der Waals surface area contributed by atoms with Crippen molar-refractivity contribution in [1.29, 1.82) is 0 Å². The van der Waals surface area contributed by atoms with Crippen LogP contribution >= 0.6 is 11.3 Å². The van der Waals surface area contributed by atoms with Gasteiger partial charge in [0, 0.05) is 11.6 Å². The van der Waals surface area contributed by atoms with Crippen molar-refractivity contribution in [2.24, 2.45) is 0 Å². The molecule has 4 nitrogen and oxygen atoms in total. The fourth-order valence-corrected chi connectivity index (χ4v) is 2.54. The molecule has 0 aliphatic heterocycles. The Morgan fingerprint density at radius 1 is 1.33 bits per heavy atom. The summed E-state index contributed by atoms with van der Waals surface area (Å²) in [7, 11) is 0. The third-order valence-corrected chi connectivity index (χ3v) is 3.82. The van der Waals surface area contributed by atoms with Crippen LogP contribution in [-0.2, 0) is 4.79 Å². The van der Waals surface area contributed by atoms with Crippen LogP contribution in [0.2, 0.25) is 0 Å². The van der Waals surface area contributed by atoms with E-state index in [1.54, 1.807) is 24.4 Å². The van der Waals surface area contributed by atoms with Gasteiger partial charge in [-0.05, 0) is 30.0 Å². The van der Waals surface area contributed by atoms with Gasteiger partial charge in [-0.3, -0.25) is 4.79 Å². The van der Waals surface area contributed by atoms with Gasteiger partial charge in [-0.25, -0.2) is 9.18 Å². The van der Waals surface area contributed by atoms with Crippen molar-refractivity contribution in [3.8, 4) is 0 Å².